The first-order valence-corrected chi connectivity index (χ1v) is 7.23. The average Bonchev–Trinajstić information content (AvgIpc) is 2.30. The van der Waals surface area contributed by atoms with E-state index in [2.05, 4.69) is 24.1 Å². The fourth-order valence-electron chi connectivity index (χ4n) is 2.59. The number of rotatable bonds is 7. The van der Waals surface area contributed by atoms with Crippen LogP contribution in [0.2, 0.25) is 0 Å². The van der Waals surface area contributed by atoms with E-state index in [9.17, 15) is 5.11 Å². The molecule has 3 nitrogen and oxygen atoms in total. The molecule has 0 radical (unpaired) electrons. The summed E-state index contributed by atoms with van der Waals surface area (Å²) < 4.78 is 0. The highest BCUT2D eigenvalue weighted by Gasteiger charge is 2.24. The van der Waals surface area contributed by atoms with E-state index < -0.39 is 5.60 Å². The fourth-order valence-corrected chi connectivity index (χ4v) is 2.59. The van der Waals surface area contributed by atoms with E-state index in [4.69, 9.17) is 0 Å². The predicted octanol–water partition coefficient (Wildman–Crippen LogP) is 1.86. The normalized spacial score (nSPS) is 24.9. The Hall–Kier alpha value is -0.120. The van der Waals surface area contributed by atoms with E-state index in [1.54, 1.807) is 0 Å². The molecular formula is C14H30N2O. The van der Waals surface area contributed by atoms with Crippen molar-refractivity contribution in [2.75, 3.05) is 32.7 Å². The van der Waals surface area contributed by atoms with Crippen molar-refractivity contribution in [3.05, 3.63) is 0 Å². The standard InChI is InChI=1S/C14H30N2O/c1-4-9-16(12-14(3,17)5-2)11-13-7-6-8-15-10-13/h13,15,17H,4-12H2,1-3H3. The molecule has 0 aromatic heterocycles. The van der Waals surface area contributed by atoms with Crippen LogP contribution in [0.25, 0.3) is 0 Å². The van der Waals surface area contributed by atoms with Gasteiger partial charge in [-0.25, -0.2) is 0 Å². The van der Waals surface area contributed by atoms with Gasteiger partial charge >= 0.3 is 0 Å². The Morgan fingerprint density at radius 3 is 2.71 bits per heavy atom. The number of aliphatic hydroxyl groups is 1. The molecule has 2 unspecified atom stereocenters. The minimum absolute atomic E-state index is 0.530. The van der Waals surface area contributed by atoms with Crippen LogP contribution < -0.4 is 5.32 Å². The monoisotopic (exact) mass is 242 g/mol. The molecule has 1 aliphatic heterocycles. The Balaban J connectivity index is 2.41. The van der Waals surface area contributed by atoms with Gasteiger partial charge in [0.25, 0.3) is 0 Å². The number of nitrogens with one attached hydrogen (secondary N) is 1. The van der Waals surface area contributed by atoms with Crippen molar-refractivity contribution >= 4 is 0 Å². The zero-order valence-electron chi connectivity index (χ0n) is 11.8. The van der Waals surface area contributed by atoms with Crippen molar-refractivity contribution in [1.82, 2.24) is 10.2 Å². The molecule has 0 amide bonds. The first-order chi connectivity index (χ1) is 8.07. The third-order valence-electron chi connectivity index (χ3n) is 3.78. The van der Waals surface area contributed by atoms with Crippen molar-refractivity contribution in [3.8, 4) is 0 Å². The van der Waals surface area contributed by atoms with E-state index in [0.29, 0.717) is 0 Å². The smallest absolute Gasteiger partial charge is 0.0743 e. The molecule has 2 atom stereocenters. The molecule has 17 heavy (non-hydrogen) atoms. The van der Waals surface area contributed by atoms with Gasteiger partial charge in [-0.1, -0.05) is 13.8 Å². The quantitative estimate of drug-likeness (QED) is 0.715. The van der Waals surface area contributed by atoms with Crippen molar-refractivity contribution in [3.63, 3.8) is 0 Å². The average molecular weight is 242 g/mol. The maximum absolute atomic E-state index is 10.2. The maximum atomic E-state index is 10.2. The minimum atomic E-state index is -0.530. The lowest BCUT2D eigenvalue weighted by atomic mass is 9.97. The summed E-state index contributed by atoms with van der Waals surface area (Å²) in [5, 5.41) is 13.7. The molecule has 3 heteroatoms. The van der Waals surface area contributed by atoms with Crippen LogP contribution in [-0.2, 0) is 0 Å². The molecule has 1 heterocycles. The molecule has 1 saturated heterocycles. The van der Waals surface area contributed by atoms with Gasteiger partial charge in [0, 0.05) is 13.1 Å². The van der Waals surface area contributed by atoms with Crippen molar-refractivity contribution < 1.29 is 5.11 Å². The van der Waals surface area contributed by atoms with E-state index in [0.717, 1.165) is 38.5 Å². The van der Waals surface area contributed by atoms with E-state index in [1.165, 1.54) is 25.8 Å². The third kappa shape index (κ3) is 5.84. The Morgan fingerprint density at radius 1 is 1.41 bits per heavy atom. The fraction of sp³-hybridized carbons (Fsp3) is 1.00. The van der Waals surface area contributed by atoms with E-state index in [-0.39, 0.29) is 0 Å². The third-order valence-corrected chi connectivity index (χ3v) is 3.78. The number of nitrogens with zero attached hydrogens (tertiary/aromatic N) is 1. The molecular weight excluding hydrogens is 212 g/mol. The Morgan fingerprint density at radius 2 is 2.18 bits per heavy atom. The SMILES string of the molecule is CCCN(CC1CCCNC1)CC(C)(O)CC. The maximum Gasteiger partial charge on any atom is 0.0743 e. The van der Waals surface area contributed by atoms with Crippen LogP contribution in [-0.4, -0.2) is 48.3 Å². The predicted molar refractivity (Wildman–Crippen MR) is 73.2 cm³/mol. The summed E-state index contributed by atoms with van der Waals surface area (Å²) in [6.07, 6.45) is 4.63. The Bertz CT molecular complexity index is 200. The van der Waals surface area contributed by atoms with Crippen molar-refractivity contribution in [2.45, 2.75) is 52.1 Å². The van der Waals surface area contributed by atoms with Crippen LogP contribution in [0.4, 0.5) is 0 Å². The van der Waals surface area contributed by atoms with Gasteiger partial charge in [-0.15, -0.1) is 0 Å². The Kier molecular flexibility index (Phi) is 6.45. The topological polar surface area (TPSA) is 35.5 Å². The summed E-state index contributed by atoms with van der Waals surface area (Å²) in [4.78, 5) is 2.45. The second-order valence-corrected chi connectivity index (χ2v) is 5.80. The summed E-state index contributed by atoms with van der Waals surface area (Å²) >= 11 is 0. The van der Waals surface area contributed by atoms with Gasteiger partial charge in [-0.2, -0.15) is 0 Å². The molecule has 0 aliphatic carbocycles. The molecule has 1 fully saturated rings. The van der Waals surface area contributed by atoms with Gasteiger partial charge in [0.05, 0.1) is 5.60 Å². The molecule has 0 aromatic rings. The van der Waals surface area contributed by atoms with Gasteiger partial charge in [0.15, 0.2) is 0 Å². The summed E-state index contributed by atoms with van der Waals surface area (Å²) in [5.74, 6) is 0.767. The molecule has 1 aliphatic rings. The highest BCUT2D eigenvalue weighted by Crippen LogP contribution is 2.16. The molecule has 0 spiro atoms. The van der Waals surface area contributed by atoms with Gasteiger partial charge < -0.3 is 15.3 Å². The zero-order valence-corrected chi connectivity index (χ0v) is 11.8. The minimum Gasteiger partial charge on any atom is -0.389 e. The van der Waals surface area contributed by atoms with Crippen molar-refractivity contribution in [2.24, 2.45) is 5.92 Å². The first-order valence-electron chi connectivity index (χ1n) is 7.23. The summed E-state index contributed by atoms with van der Waals surface area (Å²) in [7, 11) is 0. The van der Waals surface area contributed by atoms with Crippen LogP contribution in [0.15, 0.2) is 0 Å². The summed E-state index contributed by atoms with van der Waals surface area (Å²) in [5.41, 5.74) is -0.530. The highest BCUT2D eigenvalue weighted by molar-refractivity contribution is 4.79. The Labute approximate surface area is 107 Å². The summed E-state index contributed by atoms with van der Waals surface area (Å²) in [6, 6.07) is 0. The zero-order chi connectivity index (χ0) is 12.7. The second-order valence-electron chi connectivity index (χ2n) is 5.80. The van der Waals surface area contributed by atoms with Gasteiger partial charge in [0.1, 0.15) is 0 Å². The second kappa shape index (κ2) is 7.34. The lowest BCUT2D eigenvalue weighted by molar-refractivity contribution is 0.0110. The van der Waals surface area contributed by atoms with E-state index >= 15 is 0 Å². The van der Waals surface area contributed by atoms with Gasteiger partial charge in [-0.05, 0) is 58.2 Å². The van der Waals surface area contributed by atoms with Crippen LogP contribution in [0, 0.1) is 5.92 Å². The van der Waals surface area contributed by atoms with E-state index in [1.807, 2.05) is 6.92 Å². The number of hydrogen-bond acceptors (Lipinski definition) is 3. The molecule has 0 aromatic carbocycles. The van der Waals surface area contributed by atoms with Crippen molar-refractivity contribution in [1.29, 1.82) is 0 Å². The number of hydrogen-bond donors (Lipinski definition) is 2. The summed E-state index contributed by atoms with van der Waals surface area (Å²) in [6.45, 7) is 11.6. The molecule has 102 valence electrons. The first kappa shape index (κ1) is 14.9. The van der Waals surface area contributed by atoms with Crippen LogP contribution >= 0.6 is 0 Å². The number of piperidine rings is 1. The van der Waals surface area contributed by atoms with Gasteiger partial charge in [0.2, 0.25) is 0 Å². The molecule has 2 N–H and O–H groups in total. The van der Waals surface area contributed by atoms with Crippen LogP contribution in [0.5, 0.6) is 0 Å². The largest absolute Gasteiger partial charge is 0.389 e. The lowest BCUT2D eigenvalue weighted by Crippen LogP contribution is -2.45. The lowest BCUT2D eigenvalue weighted by Gasteiger charge is -2.34. The molecule has 0 bridgehead atoms. The highest BCUT2D eigenvalue weighted by atomic mass is 16.3. The van der Waals surface area contributed by atoms with Crippen LogP contribution in [0.3, 0.4) is 0 Å². The van der Waals surface area contributed by atoms with Crippen LogP contribution in [0.1, 0.15) is 46.5 Å². The van der Waals surface area contributed by atoms with Gasteiger partial charge in [-0.3, -0.25) is 0 Å². The molecule has 0 saturated carbocycles. The molecule has 1 rings (SSSR count).